The lowest BCUT2D eigenvalue weighted by atomic mass is 10.1. The number of nitrogens with one attached hydrogen (secondary N) is 1. The molecule has 0 saturated heterocycles. The Hall–Kier alpha value is -2.73. The quantitative estimate of drug-likeness (QED) is 0.629. The van der Waals surface area contributed by atoms with Crippen LogP contribution in [0.15, 0.2) is 41.6 Å². The number of nitrogens with zero attached hydrogens (tertiary/aromatic N) is 1. The Kier molecular flexibility index (Phi) is 4.90. The molecule has 4 rings (SSSR count). The summed E-state index contributed by atoms with van der Waals surface area (Å²) in [5.41, 5.74) is 3.69. The van der Waals surface area contributed by atoms with Gasteiger partial charge in [0.2, 0.25) is 6.79 Å². The van der Waals surface area contributed by atoms with Gasteiger partial charge in [-0.1, -0.05) is 28.9 Å². The van der Waals surface area contributed by atoms with Crippen LogP contribution in [-0.4, -0.2) is 25.0 Å². The monoisotopic (exact) mass is 386 g/mol. The zero-order valence-corrected chi connectivity index (χ0v) is 15.6. The van der Waals surface area contributed by atoms with Crippen molar-refractivity contribution in [3.63, 3.8) is 0 Å². The van der Waals surface area contributed by atoms with Crippen LogP contribution in [-0.2, 0) is 16.1 Å². The van der Waals surface area contributed by atoms with Gasteiger partial charge in [0.05, 0.1) is 11.8 Å². The van der Waals surface area contributed by atoms with Crippen molar-refractivity contribution < 1.29 is 19.1 Å². The average Bonchev–Trinajstić information content (AvgIpc) is 3.29. The third-order valence-corrected chi connectivity index (χ3v) is 5.09. The Labute approximate surface area is 162 Å². The zero-order valence-electron chi connectivity index (χ0n) is 14.8. The van der Waals surface area contributed by atoms with Crippen molar-refractivity contribution in [1.82, 2.24) is 5.32 Å². The van der Waals surface area contributed by atoms with Gasteiger partial charge in [-0.05, 0) is 55.2 Å². The van der Waals surface area contributed by atoms with Crippen LogP contribution in [0.4, 0.5) is 0 Å². The molecule has 7 heteroatoms. The van der Waals surface area contributed by atoms with E-state index in [4.69, 9.17) is 25.9 Å². The van der Waals surface area contributed by atoms with Crippen molar-refractivity contribution in [1.29, 1.82) is 0 Å². The van der Waals surface area contributed by atoms with E-state index >= 15 is 0 Å². The molecule has 0 radical (unpaired) electrons. The first kappa shape index (κ1) is 17.7. The van der Waals surface area contributed by atoms with Crippen molar-refractivity contribution in [3.8, 4) is 11.5 Å². The fourth-order valence-corrected chi connectivity index (χ4v) is 3.63. The van der Waals surface area contributed by atoms with Gasteiger partial charge in [0, 0.05) is 10.6 Å². The van der Waals surface area contributed by atoms with Gasteiger partial charge in [0.15, 0.2) is 18.1 Å². The second kappa shape index (κ2) is 7.48. The number of hydrogen-bond donors (Lipinski definition) is 1. The van der Waals surface area contributed by atoms with E-state index in [1.165, 1.54) is 0 Å². The van der Waals surface area contributed by atoms with Gasteiger partial charge in [-0.25, -0.2) is 0 Å². The van der Waals surface area contributed by atoms with Crippen molar-refractivity contribution in [2.45, 2.75) is 25.8 Å². The molecule has 0 spiro atoms. The molecule has 6 nitrogen and oxygen atoms in total. The third kappa shape index (κ3) is 3.71. The topological polar surface area (TPSA) is 69.2 Å². The Bertz CT molecular complexity index is 913. The highest BCUT2D eigenvalue weighted by atomic mass is 35.5. The Morgan fingerprint density at radius 3 is 3.04 bits per heavy atom. The fourth-order valence-electron chi connectivity index (χ4n) is 3.36. The highest BCUT2D eigenvalue weighted by Gasteiger charge is 2.25. The van der Waals surface area contributed by atoms with Crippen LogP contribution >= 0.6 is 11.6 Å². The van der Waals surface area contributed by atoms with Gasteiger partial charge in [0.25, 0.3) is 5.91 Å². The molecular weight excluding hydrogens is 368 g/mol. The van der Waals surface area contributed by atoms with Gasteiger partial charge < -0.3 is 19.6 Å². The van der Waals surface area contributed by atoms with Gasteiger partial charge in [-0.3, -0.25) is 4.79 Å². The van der Waals surface area contributed by atoms with Crippen LogP contribution in [0.1, 0.15) is 36.1 Å². The summed E-state index contributed by atoms with van der Waals surface area (Å²) in [4.78, 5) is 17.4. The minimum atomic E-state index is -0.213. The number of carbonyl (C=O) groups is 1. The largest absolute Gasteiger partial charge is 0.454 e. The van der Waals surface area contributed by atoms with Crippen molar-refractivity contribution in [2.24, 2.45) is 5.16 Å². The number of hydrogen-bond acceptors (Lipinski definition) is 5. The van der Waals surface area contributed by atoms with Gasteiger partial charge >= 0.3 is 0 Å². The van der Waals surface area contributed by atoms with Crippen molar-refractivity contribution >= 4 is 23.2 Å². The van der Waals surface area contributed by atoms with Crippen LogP contribution in [0.5, 0.6) is 11.5 Å². The van der Waals surface area contributed by atoms with Crippen LogP contribution in [0.25, 0.3) is 0 Å². The Morgan fingerprint density at radius 2 is 2.15 bits per heavy atom. The standard InChI is InChI=1S/C20H19ClN2O4/c1-12(13-5-8-18-19(9-13)26-11-25-18)23-27-10-20(24)22-17-7-6-14-15(17)3-2-4-16(14)21/h2-5,8-9,17H,6-7,10-11H2,1H3,(H,22,24)/b23-12+. The molecule has 2 aromatic carbocycles. The van der Waals surface area contributed by atoms with Gasteiger partial charge in [0.1, 0.15) is 0 Å². The molecule has 1 heterocycles. The first-order valence-electron chi connectivity index (χ1n) is 8.75. The van der Waals surface area contributed by atoms with Crippen LogP contribution in [0, 0.1) is 0 Å². The predicted molar refractivity (Wildman–Crippen MR) is 101 cm³/mol. The zero-order chi connectivity index (χ0) is 18.8. The summed E-state index contributed by atoms with van der Waals surface area (Å²) in [5, 5.41) is 7.77. The maximum Gasteiger partial charge on any atom is 0.261 e. The lowest BCUT2D eigenvalue weighted by Gasteiger charge is -2.14. The summed E-state index contributed by atoms with van der Waals surface area (Å²) >= 11 is 6.21. The van der Waals surface area contributed by atoms with Crippen LogP contribution in [0.2, 0.25) is 5.02 Å². The lowest BCUT2D eigenvalue weighted by molar-refractivity contribution is -0.126. The number of amides is 1. The number of carbonyl (C=O) groups excluding carboxylic acids is 1. The number of halogens is 1. The molecule has 1 aliphatic carbocycles. The number of fused-ring (bicyclic) bond motifs is 2. The summed E-state index contributed by atoms with van der Waals surface area (Å²) < 4.78 is 10.6. The molecule has 0 fully saturated rings. The first-order chi connectivity index (χ1) is 13.1. The van der Waals surface area contributed by atoms with E-state index < -0.39 is 0 Å². The highest BCUT2D eigenvalue weighted by Crippen LogP contribution is 2.35. The molecular formula is C20H19ClN2O4. The molecule has 0 aromatic heterocycles. The predicted octanol–water partition coefficient (Wildman–Crippen LogP) is 3.61. The fraction of sp³-hybridized carbons (Fsp3) is 0.300. The number of rotatable bonds is 5. The lowest BCUT2D eigenvalue weighted by Crippen LogP contribution is -2.30. The SMILES string of the molecule is C/C(=N\OCC(=O)NC1CCc2c(Cl)cccc21)c1ccc2c(c1)OCO2. The van der Waals surface area contributed by atoms with E-state index in [0.717, 1.165) is 34.6 Å². The summed E-state index contributed by atoms with van der Waals surface area (Å²) in [6, 6.07) is 11.3. The third-order valence-electron chi connectivity index (χ3n) is 4.74. The van der Waals surface area contributed by atoms with E-state index in [0.29, 0.717) is 17.2 Å². The number of benzene rings is 2. The summed E-state index contributed by atoms with van der Waals surface area (Å²) in [6.07, 6.45) is 1.70. The molecule has 2 aliphatic rings. The van der Waals surface area contributed by atoms with Gasteiger partial charge in [-0.2, -0.15) is 0 Å². The normalized spacial score (nSPS) is 17.6. The second-order valence-electron chi connectivity index (χ2n) is 6.48. The average molecular weight is 387 g/mol. The van der Waals surface area contributed by atoms with E-state index in [9.17, 15) is 4.79 Å². The molecule has 140 valence electrons. The first-order valence-corrected chi connectivity index (χ1v) is 9.13. The van der Waals surface area contributed by atoms with Crippen LogP contribution < -0.4 is 14.8 Å². The number of oxime groups is 1. The van der Waals surface area contributed by atoms with Crippen LogP contribution in [0.3, 0.4) is 0 Å². The Morgan fingerprint density at radius 1 is 1.30 bits per heavy atom. The number of ether oxygens (including phenoxy) is 2. The Balaban J connectivity index is 1.32. The second-order valence-corrected chi connectivity index (χ2v) is 6.89. The maximum atomic E-state index is 12.2. The summed E-state index contributed by atoms with van der Waals surface area (Å²) in [6.45, 7) is 1.89. The molecule has 0 saturated carbocycles. The molecule has 1 aliphatic heterocycles. The molecule has 27 heavy (non-hydrogen) atoms. The van der Waals surface area contributed by atoms with E-state index in [-0.39, 0.29) is 25.3 Å². The minimum absolute atomic E-state index is 0.0336. The molecule has 1 N–H and O–H groups in total. The molecule has 2 aromatic rings. The van der Waals surface area contributed by atoms with Crippen molar-refractivity contribution in [2.75, 3.05) is 13.4 Å². The van der Waals surface area contributed by atoms with E-state index in [1.807, 2.05) is 43.3 Å². The molecule has 1 amide bonds. The molecule has 0 bridgehead atoms. The maximum absolute atomic E-state index is 12.2. The summed E-state index contributed by atoms with van der Waals surface area (Å²) in [7, 11) is 0. The molecule has 1 atom stereocenters. The minimum Gasteiger partial charge on any atom is -0.454 e. The van der Waals surface area contributed by atoms with E-state index in [1.54, 1.807) is 0 Å². The van der Waals surface area contributed by atoms with E-state index in [2.05, 4.69) is 10.5 Å². The smallest absolute Gasteiger partial charge is 0.261 e. The highest BCUT2D eigenvalue weighted by molar-refractivity contribution is 6.31. The summed E-state index contributed by atoms with van der Waals surface area (Å²) in [5.74, 6) is 1.18. The van der Waals surface area contributed by atoms with Crippen molar-refractivity contribution in [3.05, 3.63) is 58.1 Å². The van der Waals surface area contributed by atoms with Gasteiger partial charge in [-0.15, -0.1) is 0 Å². The molecule has 1 unspecified atom stereocenters.